The highest BCUT2D eigenvalue weighted by Gasteiger charge is 2.45. The minimum absolute atomic E-state index is 0.0430. The van der Waals surface area contributed by atoms with E-state index in [2.05, 4.69) is 6.92 Å². The molecular weight excluding hydrogens is 1270 g/mol. The third-order valence-electron chi connectivity index (χ3n) is 15.6. The lowest BCUT2D eigenvalue weighted by molar-refractivity contribution is -0.125. The third kappa shape index (κ3) is 20.7. The lowest BCUT2D eigenvalue weighted by atomic mass is 10.0. The Labute approximate surface area is 560 Å². The van der Waals surface area contributed by atoms with E-state index in [1.807, 2.05) is 132 Å². The Bertz CT molecular complexity index is 3540. The number of benzene rings is 4. The van der Waals surface area contributed by atoms with Crippen molar-refractivity contribution in [1.82, 2.24) is 24.5 Å². The van der Waals surface area contributed by atoms with Crippen molar-refractivity contribution < 1.29 is 93.6 Å². The molecule has 4 aromatic rings. The standard InChI is InChI=1S/C18H23NO3.C15H12F5NO3.C15H17NO3.C14H15NO3.C10H15NO3/c1-3-4-5-6-10-13-16(20)19-14(2)17(22-18(19)21)15-11-8-7-9-12-15;1-6(2)8-5-24-15(23)21(8)9(22)4-3-7-10(16)12(18)14(20)13(19)11(7)17;1-3-4-10-13(17)16-11(2)14(19-15(16)18)12-8-6-5-7-9-12;1-2-6-13(16)15-12(10-18-14(15)17)9-11-7-4-3-5-8-11;1-4-5-9(12)11-8(7(2)3)6-14-10(11)13/h7-14,17H,3-6H2,1-2H3;3-4,6,8H,5H2,1-2H3;4-11,14H,3H2,1-2H3;2-8,12H,9-10H2,1H3;4-5,7-8H,6H2,1-3H3/b13-10+;4-3+;10-4+;6-2+;5-4+/t14-,17+;8-;11-,14+;12-;8-/m01011/s1. The van der Waals surface area contributed by atoms with Gasteiger partial charge in [0.25, 0.3) is 29.5 Å². The van der Waals surface area contributed by atoms with Crippen molar-refractivity contribution in [2.75, 3.05) is 19.8 Å². The average molecular weight is 1350 g/mol. The third-order valence-corrected chi connectivity index (χ3v) is 15.6. The molecule has 0 N–H and O–H groups in total. The molecule has 0 saturated carbocycles. The first-order chi connectivity index (χ1) is 46.3. The first kappa shape index (κ1) is 77.6. The lowest BCUT2D eigenvalue weighted by Gasteiger charge is -2.21. The second kappa shape index (κ2) is 37.9. The van der Waals surface area contributed by atoms with E-state index in [0.717, 1.165) is 53.7 Å². The predicted octanol–water partition coefficient (Wildman–Crippen LogP) is 14.4. The van der Waals surface area contributed by atoms with E-state index >= 15 is 0 Å². The summed E-state index contributed by atoms with van der Waals surface area (Å²) in [6.07, 6.45) is 15.1. The van der Waals surface area contributed by atoms with Crippen LogP contribution in [0.1, 0.15) is 136 Å². The maximum Gasteiger partial charge on any atom is 0.417 e. The lowest BCUT2D eigenvalue weighted by Crippen LogP contribution is -2.40. The first-order valence-corrected chi connectivity index (χ1v) is 31.7. The molecule has 0 unspecified atom stereocenters. The molecule has 0 spiro atoms. The summed E-state index contributed by atoms with van der Waals surface area (Å²) >= 11 is 0. The number of halogens is 5. The monoisotopic (exact) mass is 1350 g/mol. The molecule has 5 saturated heterocycles. The van der Waals surface area contributed by atoms with Gasteiger partial charge in [0, 0.05) is 6.08 Å². The van der Waals surface area contributed by atoms with Gasteiger partial charge in [-0.25, -0.2) is 70.4 Å². The molecule has 20 nitrogen and oxygen atoms in total. The van der Waals surface area contributed by atoms with Crippen LogP contribution < -0.4 is 0 Å². The number of hydrogen-bond donors (Lipinski definition) is 0. The molecule has 97 heavy (non-hydrogen) atoms. The summed E-state index contributed by atoms with van der Waals surface area (Å²) in [6.45, 7) is 19.1. The minimum atomic E-state index is -2.29. The molecule has 0 radical (unpaired) electrons. The number of unbranched alkanes of at least 4 members (excludes halogenated alkanes) is 3. The molecule has 10 amide bonds. The maximum atomic E-state index is 13.5. The molecule has 0 bridgehead atoms. The van der Waals surface area contributed by atoms with Crippen LogP contribution >= 0.6 is 0 Å². The number of amides is 10. The van der Waals surface area contributed by atoms with E-state index in [4.69, 9.17) is 23.7 Å². The fourth-order valence-corrected chi connectivity index (χ4v) is 10.3. The van der Waals surface area contributed by atoms with Crippen LogP contribution in [-0.4, -0.2) is 135 Å². The fourth-order valence-electron chi connectivity index (χ4n) is 10.3. The molecule has 5 fully saturated rings. The van der Waals surface area contributed by atoms with Gasteiger partial charge in [-0.05, 0) is 112 Å². The van der Waals surface area contributed by atoms with E-state index in [9.17, 15) is 69.9 Å². The zero-order valence-corrected chi connectivity index (χ0v) is 55.7. The Balaban J connectivity index is 0.000000221. The van der Waals surface area contributed by atoms with Gasteiger partial charge in [0.05, 0.1) is 35.8 Å². The molecule has 5 aliphatic heterocycles. The zero-order valence-electron chi connectivity index (χ0n) is 55.7. The summed E-state index contributed by atoms with van der Waals surface area (Å²) in [7, 11) is 0. The average Bonchev–Trinajstić information content (AvgIpc) is 1.81. The first-order valence-electron chi connectivity index (χ1n) is 31.7. The van der Waals surface area contributed by atoms with Crippen LogP contribution in [-0.2, 0) is 54.1 Å². The molecule has 5 aliphatic rings. The summed E-state index contributed by atoms with van der Waals surface area (Å²) in [4.78, 5) is 123. The van der Waals surface area contributed by atoms with E-state index in [1.54, 1.807) is 45.9 Å². The van der Waals surface area contributed by atoms with Crippen molar-refractivity contribution in [1.29, 1.82) is 0 Å². The number of ether oxygens (including phenoxy) is 5. The highest BCUT2D eigenvalue weighted by molar-refractivity contribution is 6.03. The molecule has 9 rings (SSSR count). The molecule has 0 aliphatic carbocycles. The predicted molar refractivity (Wildman–Crippen MR) is 347 cm³/mol. The van der Waals surface area contributed by atoms with Crippen LogP contribution in [0, 0.1) is 40.9 Å². The van der Waals surface area contributed by atoms with Crippen molar-refractivity contribution in [3.05, 3.63) is 197 Å². The van der Waals surface area contributed by atoms with Crippen molar-refractivity contribution >= 4 is 66.1 Å². The number of rotatable bonds is 17. The summed E-state index contributed by atoms with van der Waals surface area (Å²) in [5.74, 6) is -12.8. The SMILES string of the molecule is C/C=C/C(=O)N1C(=O)OC[C@@H]1C(C)C.C/C=C/C(=O)N1C(=O)OC[C@H]1Cc1ccccc1.CC(C)[C@H]1COC(=O)N1C(=O)/C=C/c1c(F)c(F)c(F)c(F)c1F.CC/C=C/C(=O)N1C(=O)O[C@@H](c2ccccc2)[C@@H]1C.CCCCC/C=C/C(=O)N1C(=O)O[C@@H](c2ccccc2)[C@@H]1C. The number of carbonyl (C=O) groups excluding carboxylic acids is 10. The Kier molecular flexibility index (Phi) is 30.3. The molecule has 0 aromatic heterocycles. The Hall–Kier alpha value is -10.1. The van der Waals surface area contributed by atoms with Gasteiger partial charge in [-0.2, -0.15) is 0 Å². The second-order valence-electron chi connectivity index (χ2n) is 23.2. The van der Waals surface area contributed by atoms with Gasteiger partial charge in [-0.3, -0.25) is 24.0 Å². The van der Waals surface area contributed by atoms with Gasteiger partial charge >= 0.3 is 30.5 Å². The Morgan fingerprint density at radius 1 is 0.474 bits per heavy atom. The molecular formula is C72H82F5N5O15. The van der Waals surface area contributed by atoms with Crippen LogP contribution in [0.25, 0.3) is 6.08 Å². The fraction of sp³-hybridized carbons (Fsp3) is 0.389. The normalized spacial score (nSPS) is 20.5. The Morgan fingerprint density at radius 2 is 0.856 bits per heavy atom. The van der Waals surface area contributed by atoms with Crippen molar-refractivity contribution in [2.45, 2.75) is 150 Å². The quantitative estimate of drug-likeness (QED) is 0.0239. The van der Waals surface area contributed by atoms with Crippen molar-refractivity contribution in [3.8, 4) is 0 Å². The van der Waals surface area contributed by atoms with Gasteiger partial charge in [0.15, 0.2) is 23.3 Å². The highest BCUT2D eigenvalue weighted by atomic mass is 19.2. The number of imide groups is 5. The summed E-state index contributed by atoms with van der Waals surface area (Å²) in [6, 6.07) is 27.2. The van der Waals surface area contributed by atoms with Gasteiger partial charge < -0.3 is 23.7 Å². The van der Waals surface area contributed by atoms with Gasteiger partial charge in [0.1, 0.15) is 32.0 Å². The number of carbonyl (C=O) groups is 10. The van der Waals surface area contributed by atoms with Crippen LogP contribution in [0.2, 0.25) is 0 Å². The number of hydrogen-bond acceptors (Lipinski definition) is 15. The zero-order chi connectivity index (χ0) is 71.6. The molecule has 4 aromatic carbocycles. The van der Waals surface area contributed by atoms with E-state index in [0.29, 0.717) is 25.2 Å². The minimum Gasteiger partial charge on any atom is -0.447 e. The topological polar surface area (TPSA) is 233 Å². The van der Waals surface area contributed by atoms with Crippen LogP contribution in [0.3, 0.4) is 0 Å². The summed E-state index contributed by atoms with van der Waals surface area (Å²) in [5, 5.41) is 0. The summed E-state index contributed by atoms with van der Waals surface area (Å²) < 4.78 is 91.4. The highest BCUT2D eigenvalue weighted by Crippen LogP contribution is 2.34. The van der Waals surface area contributed by atoms with Crippen molar-refractivity contribution in [2.24, 2.45) is 11.8 Å². The molecule has 25 heteroatoms. The number of nitrogens with zero attached hydrogens (tertiary/aromatic N) is 5. The number of cyclic esters (lactones) is 5. The van der Waals surface area contributed by atoms with E-state index < -0.39 is 89.3 Å². The second-order valence-corrected chi connectivity index (χ2v) is 23.2. The van der Waals surface area contributed by atoms with Crippen LogP contribution in [0.5, 0.6) is 0 Å². The van der Waals surface area contributed by atoms with Gasteiger partial charge in [0.2, 0.25) is 5.82 Å². The van der Waals surface area contributed by atoms with Gasteiger partial charge in [-0.15, -0.1) is 0 Å². The number of allylic oxidation sites excluding steroid dienone is 4. The van der Waals surface area contributed by atoms with Crippen LogP contribution in [0.4, 0.5) is 45.9 Å². The van der Waals surface area contributed by atoms with Crippen LogP contribution in [0.15, 0.2) is 146 Å². The molecule has 5 heterocycles. The van der Waals surface area contributed by atoms with E-state index in [1.165, 1.54) is 43.9 Å². The smallest absolute Gasteiger partial charge is 0.417 e. The molecule has 7 atom stereocenters. The maximum absolute atomic E-state index is 13.5. The van der Waals surface area contributed by atoms with Crippen molar-refractivity contribution in [3.63, 3.8) is 0 Å². The Morgan fingerprint density at radius 3 is 1.28 bits per heavy atom. The van der Waals surface area contributed by atoms with E-state index in [-0.39, 0.29) is 72.8 Å². The summed E-state index contributed by atoms with van der Waals surface area (Å²) in [5.41, 5.74) is 1.62. The molecule has 520 valence electrons. The largest absolute Gasteiger partial charge is 0.447 e. The van der Waals surface area contributed by atoms with Gasteiger partial charge in [-0.1, -0.05) is 170 Å².